The summed E-state index contributed by atoms with van der Waals surface area (Å²) in [6.07, 6.45) is 3.87. The van der Waals surface area contributed by atoms with Crippen LogP contribution in [0.3, 0.4) is 0 Å². The van der Waals surface area contributed by atoms with Crippen LogP contribution in [0.15, 0.2) is 59.1 Å². The summed E-state index contributed by atoms with van der Waals surface area (Å²) in [5.41, 5.74) is 7.45. The molecule has 30 heavy (non-hydrogen) atoms. The summed E-state index contributed by atoms with van der Waals surface area (Å²) in [7, 11) is -3.39. The molecule has 2 aliphatic carbocycles. The number of fused-ring (bicyclic) bond motifs is 4. The van der Waals surface area contributed by atoms with Gasteiger partial charge in [-0.2, -0.15) is 8.42 Å². The third-order valence-corrected chi connectivity index (χ3v) is 7.08. The van der Waals surface area contributed by atoms with Crippen LogP contribution in [-0.2, 0) is 27.1 Å². The van der Waals surface area contributed by atoms with Crippen molar-refractivity contribution in [3.8, 4) is 0 Å². The lowest BCUT2D eigenvalue weighted by Crippen LogP contribution is -2.21. The van der Waals surface area contributed by atoms with Crippen molar-refractivity contribution in [1.82, 2.24) is 0 Å². The molecule has 6 heteroatoms. The Morgan fingerprint density at radius 3 is 2.60 bits per heavy atom. The van der Waals surface area contributed by atoms with Gasteiger partial charge in [-0.05, 0) is 59.9 Å². The zero-order chi connectivity index (χ0) is 20.9. The summed E-state index contributed by atoms with van der Waals surface area (Å²) in [5, 5.41) is 3.56. The van der Waals surface area contributed by atoms with Crippen LogP contribution in [0.4, 0.5) is 5.69 Å². The lowest BCUT2D eigenvalue weighted by molar-refractivity contribution is 0.326. The van der Waals surface area contributed by atoms with E-state index in [4.69, 9.17) is 9.18 Å². The standard InChI is InChI=1S/C24H26N2O3S/c1-15-21-20-12-9-17-5-3-4-6-19(17)23(20)26-24(22(15)21)25-18-10-7-16(8-11-18)13-14-29-30(2,27)28/h3-8,10-11,15,21-22H,9,12-14H2,1-2H3,(H,25,26). The first kappa shape index (κ1) is 19.5. The molecule has 0 amide bonds. The number of amidine groups is 1. The third kappa shape index (κ3) is 3.70. The molecule has 0 aromatic heterocycles. The fraction of sp³-hybridized carbons (Fsp3) is 0.375. The second-order valence-corrected chi connectivity index (χ2v) is 10.2. The number of rotatable bonds is 5. The monoisotopic (exact) mass is 422 g/mol. The molecule has 156 valence electrons. The molecule has 2 aromatic rings. The van der Waals surface area contributed by atoms with Crippen LogP contribution in [0, 0.1) is 17.8 Å². The van der Waals surface area contributed by atoms with Gasteiger partial charge in [0.1, 0.15) is 5.84 Å². The Hall–Kier alpha value is -2.44. The smallest absolute Gasteiger partial charge is 0.264 e. The zero-order valence-electron chi connectivity index (χ0n) is 17.3. The lowest BCUT2D eigenvalue weighted by atomic mass is 9.85. The van der Waals surface area contributed by atoms with Crippen molar-refractivity contribution in [1.29, 1.82) is 0 Å². The van der Waals surface area contributed by atoms with Gasteiger partial charge in [0.05, 0.1) is 18.6 Å². The molecule has 3 aliphatic rings. The van der Waals surface area contributed by atoms with Crippen LogP contribution in [0.1, 0.15) is 30.0 Å². The van der Waals surface area contributed by atoms with Crippen molar-refractivity contribution in [2.45, 2.75) is 26.2 Å². The van der Waals surface area contributed by atoms with Crippen LogP contribution >= 0.6 is 0 Å². The fourth-order valence-electron chi connectivity index (χ4n) is 4.92. The molecular weight excluding hydrogens is 396 g/mol. The van der Waals surface area contributed by atoms with Gasteiger partial charge in [-0.25, -0.2) is 4.99 Å². The first-order chi connectivity index (χ1) is 14.4. The van der Waals surface area contributed by atoms with Gasteiger partial charge >= 0.3 is 0 Å². The average Bonchev–Trinajstić information content (AvgIpc) is 3.40. The Morgan fingerprint density at radius 2 is 1.83 bits per heavy atom. The fourth-order valence-corrected chi connectivity index (χ4v) is 5.31. The summed E-state index contributed by atoms with van der Waals surface area (Å²) >= 11 is 0. The van der Waals surface area contributed by atoms with Gasteiger partial charge in [0.2, 0.25) is 0 Å². The van der Waals surface area contributed by atoms with E-state index in [9.17, 15) is 8.42 Å². The molecule has 5 nitrogen and oxygen atoms in total. The van der Waals surface area contributed by atoms with Crippen molar-refractivity contribution in [2.24, 2.45) is 22.7 Å². The highest BCUT2D eigenvalue weighted by Crippen LogP contribution is 2.58. The van der Waals surface area contributed by atoms with Crippen molar-refractivity contribution in [3.05, 3.63) is 70.8 Å². The molecule has 0 radical (unpaired) electrons. The highest BCUT2D eigenvalue weighted by Gasteiger charge is 2.55. The summed E-state index contributed by atoms with van der Waals surface area (Å²) < 4.78 is 27.0. The Morgan fingerprint density at radius 1 is 1.07 bits per heavy atom. The van der Waals surface area contributed by atoms with E-state index in [0.717, 1.165) is 36.2 Å². The van der Waals surface area contributed by atoms with E-state index in [1.54, 1.807) is 0 Å². The summed E-state index contributed by atoms with van der Waals surface area (Å²) in [4.78, 5) is 5.11. The van der Waals surface area contributed by atoms with Crippen molar-refractivity contribution in [3.63, 3.8) is 0 Å². The highest BCUT2D eigenvalue weighted by molar-refractivity contribution is 7.85. The largest absolute Gasteiger partial charge is 0.343 e. The molecule has 1 N–H and O–H groups in total. The van der Waals surface area contributed by atoms with E-state index in [1.807, 2.05) is 24.3 Å². The SMILES string of the molecule is CC1C2C(Nc3ccc(CCOS(C)(=O)=O)cc3)=NC3=C(CCc4ccccc43)C12. The first-order valence-electron chi connectivity index (χ1n) is 10.5. The van der Waals surface area contributed by atoms with Crippen LogP contribution in [0.25, 0.3) is 5.70 Å². The van der Waals surface area contributed by atoms with E-state index in [-0.39, 0.29) is 6.61 Å². The maximum atomic E-state index is 11.1. The van der Waals surface area contributed by atoms with Gasteiger partial charge in [-0.15, -0.1) is 0 Å². The minimum atomic E-state index is -3.39. The molecule has 0 saturated heterocycles. The predicted octanol–water partition coefficient (Wildman–Crippen LogP) is 4.27. The van der Waals surface area contributed by atoms with E-state index < -0.39 is 10.1 Å². The second-order valence-electron chi connectivity index (χ2n) is 8.54. The normalized spacial score (nSPS) is 24.5. The Labute approximate surface area is 178 Å². The van der Waals surface area contributed by atoms with Crippen LogP contribution in [0.2, 0.25) is 0 Å². The molecule has 1 fully saturated rings. The molecule has 1 aliphatic heterocycles. The van der Waals surface area contributed by atoms with Gasteiger partial charge in [0.25, 0.3) is 10.1 Å². The minimum absolute atomic E-state index is 0.163. The van der Waals surface area contributed by atoms with Crippen LogP contribution in [-0.4, -0.2) is 27.1 Å². The summed E-state index contributed by atoms with van der Waals surface area (Å²) in [5.74, 6) is 2.79. The summed E-state index contributed by atoms with van der Waals surface area (Å²) in [6.45, 7) is 2.49. The molecule has 3 unspecified atom stereocenters. The van der Waals surface area contributed by atoms with Gasteiger partial charge < -0.3 is 5.32 Å². The molecule has 2 aromatic carbocycles. The Bertz CT molecular complexity index is 1150. The van der Waals surface area contributed by atoms with Crippen molar-refractivity contribution >= 4 is 27.3 Å². The van der Waals surface area contributed by atoms with Crippen LogP contribution in [0.5, 0.6) is 0 Å². The number of allylic oxidation sites excluding steroid dienone is 1. The average molecular weight is 423 g/mol. The second kappa shape index (κ2) is 7.36. The number of benzene rings is 2. The molecule has 1 saturated carbocycles. The third-order valence-electron chi connectivity index (χ3n) is 6.48. The molecule has 3 atom stereocenters. The van der Waals surface area contributed by atoms with Gasteiger partial charge in [0.15, 0.2) is 0 Å². The molecule has 5 rings (SSSR count). The highest BCUT2D eigenvalue weighted by atomic mass is 32.2. The van der Waals surface area contributed by atoms with Gasteiger partial charge in [0, 0.05) is 17.2 Å². The van der Waals surface area contributed by atoms with E-state index in [2.05, 4.69) is 36.5 Å². The van der Waals surface area contributed by atoms with Crippen molar-refractivity contribution < 1.29 is 12.6 Å². The Kier molecular flexibility index (Phi) is 4.79. The topological polar surface area (TPSA) is 67.8 Å². The van der Waals surface area contributed by atoms with Crippen LogP contribution < -0.4 is 5.32 Å². The zero-order valence-corrected chi connectivity index (χ0v) is 18.1. The number of anilines is 1. The van der Waals surface area contributed by atoms with E-state index in [1.165, 1.54) is 22.4 Å². The van der Waals surface area contributed by atoms with E-state index in [0.29, 0.717) is 24.2 Å². The number of nitrogens with zero attached hydrogens (tertiary/aromatic N) is 1. The first-order valence-corrected chi connectivity index (χ1v) is 12.3. The van der Waals surface area contributed by atoms with E-state index >= 15 is 0 Å². The summed E-state index contributed by atoms with van der Waals surface area (Å²) in [6, 6.07) is 16.7. The Balaban J connectivity index is 1.34. The van der Waals surface area contributed by atoms with Gasteiger partial charge in [-0.3, -0.25) is 4.18 Å². The van der Waals surface area contributed by atoms with Gasteiger partial charge in [-0.1, -0.05) is 43.3 Å². The van der Waals surface area contributed by atoms with Crippen molar-refractivity contribution in [2.75, 3.05) is 18.2 Å². The molecular formula is C24H26N2O3S. The quantitative estimate of drug-likeness (QED) is 0.731. The number of hydrogen-bond acceptors (Lipinski definition) is 5. The maximum Gasteiger partial charge on any atom is 0.264 e. The number of aliphatic imine (C=N–C) groups is 1. The molecule has 1 heterocycles. The maximum absolute atomic E-state index is 11.1. The predicted molar refractivity (Wildman–Crippen MR) is 120 cm³/mol. The molecule has 0 bridgehead atoms. The minimum Gasteiger partial charge on any atom is -0.343 e. The lowest BCUT2D eigenvalue weighted by Gasteiger charge is -2.25. The number of aryl methyl sites for hydroxylation is 1. The molecule has 0 spiro atoms. The number of hydrogen-bond donors (Lipinski definition) is 1. The number of nitrogens with one attached hydrogen (secondary N) is 1.